The minimum Gasteiger partial charge on any atom is -0.300 e. The highest BCUT2D eigenvalue weighted by Gasteiger charge is 2.26. The van der Waals surface area contributed by atoms with Gasteiger partial charge in [0.2, 0.25) is 0 Å². The Bertz CT molecular complexity index is 539. The van der Waals surface area contributed by atoms with Gasteiger partial charge in [0, 0.05) is 12.1 Å². The van der Waals surface area contributed by atoms with Crippen molar-refractivity contribution in [3.63, 3.8) is 0 Å². The number of hydrogen-bond donors (Lipinski definition) is 0. The molecular weight excluding hydrogens is 302 g/mol. The molecule has 2 aromatic carbocycles. The van der Waals surface area contributed by atoms with Crippen LogP contribution in [0.1, 0.15) is 56.1 Å². The largest absolute Gasteiger partial charge is 0.300 e. The van der Waals surface area contributed by atoms with E-state index in [4.69, 9.17) is 0 Å². The Morgan fingerprint density at radius 3 is 1.60 bits per heavy atom. The minimum atomic E-state index is 0.791. The highest BCUT2D eigenvalue weighted by Crippen LogP contribution is 2.27. The van der Waals surface area contributed by atoms with Crippen LogP contribution in [-0.4, -0.2) is 24.0 Å². The van der Waals surface area contributed by atoms with Crippen LogP contribution < -0.4 is 0 Å². The normalized spacial score (nSPS) is 21.3. The topological polar surface area (TPSA) is 3.24 Å². The molecule has 0 N–H and O–H groups in total. The van der Waals surface area contributed by atoms with Crippen molar-refractivity contribution in [3.05, 3.63) is 71.8 Å². The van der Waals surface area contributed by atoms with E-state index in [1.165, 1.54) is 68.9 Å². The molecule has 134 valence electrons. The molecule has 0 aliphatic carbocycles. The molecule has 1 heterocycles. The molecule has 0 radical (unpaired) electrons. The quantitative estimate of drug-likeness (QED) is 0.582. The Kier molecular flexibility index (Phi) is 7.11. The van der Waals surface area contributed by atoms with Crippen LogP contribution in [0.4, 0.5) is 0 Å². The maximum atomic E-state index is 2.71. The summed E-state index contributed by atoms with van der Waals surface area (Å²) in [7, 11) is 2.37. The van der Waals surface area contributed by atoms with Gasteiger partial charge in [-0.2, -0.15) is 0 Å². The standard InChI is InChI=1S/C24H33N/c1-25-23(17-8-15-21-11-4-2-5-12-21)19-10-20-24(25)18-9-16-22-13-6-3-7-14-22/h2-7,11-14,23-24H,8-10,15-20H2,1H3/t23-,24+. The monoisotopic (exact) mass is 335 g/mol. The van der Waals surface area contributed by atoms with Gasteiger partial charge in [0.15, 0.2) is 0 Å². The zero-order valence-corrected chi connectivity index (χ0v) is 15.7. The second-order valence-corrected chi connectivity index (χ2v) is 7.66. The van der Waals surface area contributed by atoms with E-state index in [1.54, 1.807) is 0 Å². The molecule has 1 aliphatic heterocycles. The summed E-state index contributed by atoms with van der Waals surface area (Å²) >= 11 is 0. The van der Waals surface area contributed by atoms with Gasteiger partial charge >= 0.3 is 0 Å². The second kappa shape index (κ2) is 9.77. The van der Waals surface area contributed by atoms with E-state index < -0.39 is 0 Å². The Morgan fingerprint density at radius 2 is 1.16 bits per heavy atom. The molecule has 1 aliphatic rings. The molecule has 0 spiro atoms. The van der Waals surface area contributed by atoms with Gasteiger partial charge in [0.05, 0.1) is 0 Å². The van der Waals surface area contributed by atoms with Crippen molar-refractivity contribution >= 4 is 0 Å². The number of benzene rings is 2. The highest BCUT2D eigenvalue weighted by atomic mass is 15.2. The van der Waals surface area contributed by atoms with Crippen LogP contribution in [0.25, 0.3) is 0 Å². The summed E-state index contributed by atoms with van der Waals surface area (Å²) < 4.78 is 0. The van der Waals surface area contributed by atoms with Gasteiger partial charge in [-0.1, -0.05) is 67.1 Å². The zero-order valence-electron chi connectivity index (χ0n) is 15.7. The highest BCUT2D eigenvalue weighted by molar-refractivity contribution is 5.15. The zero-order chi connectivity index (χ0) is 17.3. The molecule has 1 nitrogen and oxygen atoms in total. The number of hydrogen-bond acceptors (Lipinski definition) is 1. The fourth-order valence-electron chi connectivity index (χ4n) is 4.36. The first-order valence-corrected chi connectivity index (χ1v) is 10.1. The molecule has 0 aromatic heterocycles. The van der Waals surface area contributed by atoms with Gasteiger partial charge < -0.3 is 4.90 Å². The first-order chi connectivity index (χ1) is 12.3. The van der Waals surface area contributed by atoms with E-state index in [0.717, 1.165) is 12.1 Å². The van der Waals surface area contributed by atoms with E-state index >= 15 is 0 Å². The summed E-state index contributed by atoms with van der Waals surface area (Å²) in [4.78, 5) is 2.71. The van der Waals surface area contributed by atoms with E-state index in [2.05, 4.69) is 72.6 Å². The average Bonchev–Trinajstić information content (AvgIpc) is 2.66. The summed E-state index contributed by atoms with van der Waals surface area (Å²) in [5, 5.41) is 0. The van der Waals surface area contributed by atoms with Crippen molar-refractivity contribution in [1.29, 1.82) is 0 Å². The third kappa shape index (κ3) is 5.71. The minimum absolute atomic E-state index is 0.791. The number of nitrogens with zero attached hydrogens (tertiary/aromatic N) is 1. The first-order valence-electron chi connectivity index (χ1n) is 10.1. The van der Waals surface area contributed by atoms with Crippen molar-refractivity contribution in [2.24, 2.45) is 0 Å². The molecule has 3 rings (SSSR count). The van der Waals surface area contributed by atoms with Crippen molar-refractivity contribution < 1.29 is 0 Å². The predicted molar refractivity (Wildman–Crippen MR) is 108 cm³/mol. The summed E-state index contributed by atoms with van der Waals surface area (Å²) in [6.07, 6.45) is 12.0. The molecule has 1 fully saturated rings. The molecule has 1 heteroatoms. The fraction of sp³-hybridized carbons (Fsp3) is 0.500. The van der Waals surface area contributed by atoms with Gasteiger partial charge in [0.25, 0.3) is 0 Å². The van der Waals surface area contributed by atoms with E-state index in [1.807, 2.05) is 0 Å². The Labute approximate surface area is 154 Å². The summed E-state index contributed by atoms with van der Waals surface area (Å²) in [5.74, 6) is 0. The third-order valence-electron chi connectivity index (χ3n) is 5.92. The number of rotatable bonds is 8. The Hall–Kier alpha value is -1.60. The van der Waals surface area contributed by atoms with Gasteiger partial charge in [-0.25, -0.2) is 0 Å². The van der Waals surface area contributed by atoms with Crippen molar-refractivity contribution in [3.8, 4) is 0 Å². The average molecular weight is 336 g/mol. The number of likely N-dealkylation sites (tertiary alicyclic amines) is 1. The summed E-state index contributed by atoms with van der Waals surface area (Å²) in [6, 6.07) is 23.5. The summed E-state index contributed by atoms with van der Waals surface area (Å²) in [6.45, 7) is 0. The van der Waals surface area contributed by atoms with Gasteiger partial charge in [-0.05, 0) is 69.5 Å². The van der Waals surface area contributed by atoms with Crippen LogP contribution in [-0.2, 0) is 12.8 Å². The van der Waals surface area contributed by atoms with Crippen LogP contribution in [0.15, 0.2) is 60.7 Å². The smallest absolute Gasteiger partial charge is 0.00952 e. The molecule has 1 saturated heterocycles. The fourth-order valence-corrected chi connectivity index (χ4v) is 4.36. The first kappa shape index (κ1) is 18.2. The lowest BCUT2D eigenvalue weighted by Crippen LogP contribution is -2.43. The molecule has 2 atom stereocenters. The predicted octanol–water partition coefficient (Wildman–Crippen LogP) is 5.89. The van der Waals surface area contributed by atoms with Crippen LogP contribution in [0.5, 0.6) is 0 Å². The van der Waals surface area contributed by atoms with Crippen molar-refractivity contribution in [2.75, 3.05) is 7.05 Å². The molecular formula is C24H33N. The van der Waals surface area contributed by atoms with Crippen molar-refractivity contribution in [2.45, 2.75) is 69.9 Å². The summed E-state index contributed by atoms with van der Waals surface area (Å²) in [5.41, 5.74) is 2.97. The van der Waals surface area contributed by atoms with Crippen molar-refractivity contribution in [1.82, 2.24) is 4.90 Å². The van der Waals surface area contributed by atoms with Crippen LogP contribution in [0.2, 0.25) is 0 Å². The molecule has 0 unspecified atom stereocenters. The molecule has 0 amide bonds. The van der Waals surface area contributed by atoms with E-state index in [0.29, 0.717) is 0 Å². The third-order valence-corrected chi connectivity index (χ3v) is 5.92. The maximum Gasteiger partial charge on any atom is 0.00952 e. The Morgan fingerprint density at radius 1 is 0.720 bits per heavy atom. The molecule has 25 heavy (non-hydrogen) atoms. The molecule has 2 aromatic rings. The van der Waals surface area contributed by atoms with Gasteiger partial charge in [0.1, 0.15) is 0 Å². The molecule has 0 saturated carbocycles. The van der Waals surface area contributed by atoms with Crippen LogP contribution in [0.3, 0.4) is 0 Å². The maximum absolute atomic E-state index is 2.71. The van der Waals surface area contributed by atoms with E-state index in [9.17, 15) is 0 Å². The lowest BCUT2D eigenvalue weighted by atomic mass is 9.89. The number of aryl methyl sites for hydroxylation is 2. The number of piperidine rings is 1. The second-order valence-electron chi connectivity index (χ2n) is 7.66. The SMILES string of the molecule is CN1[C@H](CCCc2ccccc2)CCC[C@@H]1CCCc1ccccc1. The van der Waals surface area contributed by atoms with Crippen LogP contribution >= 0.6 is 0 Å². The van der Waals surface area contributed by atoms with Crippen LogP contribution in [0, 0.1) is 0 Å². The van der Waals surface area contributed by atoms with Gasteiger partial charge in [-0.15, -0.1) is 0 Å². The lowest BCUT2D eigenvalue weighted by molar-refractivity contribution is 0.0995. The van der Waals surface area contributed by atoms with Gasteiger partial charge in [-0.3, -0.25) is 0 Å². The van der Waals surface area contributed by atoms with E-state index in [-0.39, 0.29) is 0 Å². The molecule has 0 bridgehead atoms. The Balaban J connectivity index is 1.40. The lowest BCUT2D eigenvalue weighted by Gasteiger charge is -2.40.